The number of esters is 1. The van der Waals surface area contributed by atoms with Crippen LogP contribution in [0.3, 0.4) is 0 Å². The van der Waals surface area contributed by atoms with Gasteiger partial charge in [0.1, 0.15) is 0 Å². The number of ether oxygens (including phenoxy) is 2. The Bertz CT molecular complexity index is 211. The van der Waals surface area contributed by atoms with E-state index in [1.165, 1.54) is 12.8 Å². The first kappa shape index (κ1) is 15.0. The van der Waals surface area contributed by atoms with Crippen LogP contribution in [0, 0.1) is 5.92 Å². The fourth-order valence-electron chi connectivity index (χ4n) is 1.41. The molecule has 0 bridgehead atoms. The lowest BCUT2D eigenvalue weighted by molar-refractivity contribution is -0.144. The smallest absolute Gasteiger partial charge is 0.372 e. The Balaban J connectivity index is 3.82. The number of rotatable bonds is 9. The third-order valence-electron chi connectivity index (χ3n) is 2.54. The van der Waals surface area contributed by atoms with Crippen molar-refractivity contribution in [2.75, 3.05) is 13.2 Å². The van der Waals surface area contributed by atoms with Gasteiger partial charge in [0.05, 0.1) is 13.2 Å². The molecule has 1 unspecified atom stereocenters. The van der Waals surface area contributed by atoms with E-state index in [-0.39, 0.29) is 5.76 Å². The molecular formula is C13H24O3. The van der Waals surface area contributed by atoms with Crippen LogP contribution in [0.25, 0.3) is 0 Å². The van der Waals surface area contributed by atoms with Gasteiger partial charge in [0, 0.05) is 0 Å². The van der Waals surface area contributed by atoms with Gasteiger partial charge in [0.2, 0.25) is 0 Å². The van der Waals surface area contributed by atoms with Gasteiger partial charge in [-0.2, -0.15) is 0 Å². The maximum atomic E-state index is 11.4. The predicted octanol–water partition coefficient (Wildman–Crippen LogP) is 3.30. The zero-order chi connectivity index (χ0) is 12.4. The average Bonchev–Trinajstić information content (AvgIpc) is 2.29. The van der Waals surface area contributed by atoms with Crippen LogP contribution in [-0.2, 0) is 14.3 Å². The highest BCUT2D eigenvalue weighted by atomic mass is 16.6. The van der Waals surface area contributed by atoms with Crippen molar-refractivity contribution in [1.82, 2.24) is 0 Å². The van der Waals surface area contributed by atoms with Crippen LogP contribution in [0.15, 0.2) is 12.3 Å². The van der Waals surface area contributed by atoms with Crippen molar-refractivity contribution in [2.24, 2.45) is 5.92 Å². The average molecular weight is 228 g/mol. The van der Waals surface area contributed by atoms with E-state index in [0.717, 1.165) is 12.8 Å². The Labute approximate surface area is 98.8 Å². The summed E-state index contributed by atoms with van der Waals surface area (Å²) in [6.45, 7) is 10.5. The largest absolute Gasteiger partial charge is 0.487 e. The maximum absolute atomic E-state index is 11.4. The second kappa shape index (κ2) is 9.25. The molecule has 0 saturated heterocycles. The first-order chi connectivity index (χ1) is 7.65. The molecule has 0 saturated carbocycles. The number of carbonyl (C=O) groups excluding carboxylic acids is 1. The van der Waals surface area contributed by atoms with E-state index in [1.807, 2.05) is 6.92 Å². The summed E-state index contributed by atoms with van der Waals surface area (Å²) in [5.74, 6) is 0.128. The second-order valence-corrected chi connectivity index (χ2v) is 3.87. The predicted molar refractivity (Wildman–Crippen MR) is 65.0 cm³/mol. The van der Waals surface area contributed by atoms with Crippen molar-refractivity contribution in [3.63, 3.8) is 0 Å². The minimum Gasteiger partial charge on any atom is -0.487 e. The molecule has 94 valence electrons. The van der Waals surface area contributed by atoms with Gasteiger partial charge in [-0.3, -0.25) is 0 Å². The van der Waals surface area contributed by atoms with E-state index in [2.05, 4.69) is 20.4 Å². The van der Waals surface area contributed by atoms with E-state index in [4.69, 9.17) is 9.47 Å². The van der Waals surface area contributed by atoms with Crippen LogP contribution in [0.1, 0.15) is 46.5 Å². The number of carbonyl (C=O) groups is 1. The topological polar surface area (TPSA) is 35.5 Å². The fraction of sp³-hybridized carbons (Fsp3) is 0.769. The standard InChI is InChI=1S/C13H24O3/c1-5-8-9-12(6-2)10-16-13(14)11(4)15-7-3/h12H,4-10H2,1-3H3. The molecule has 0 heterocycles. The second-order valence-electron chi connectivity index (χ2n) is 3.87. The molecular weight excluding hydrogens is 204 g/mol. The highest BCUT2D eigenvalue weighted by Gasteiger charge is 2.13. The minimum absolute atomic E-state index is 0.104. The van der Waals surface area contributed by atoms with Crippen LogP contribution in [-0.4, -0.2) is 19.2 Å². The van der Waals surface area contributed by atoms with Gasteiger partial charge < -0.3 is 9.47 Å². The van der Waals surface area contributed by atoms with Gasteiger partial charge in [-0.05, 0) is 25.8 Å². The monoisotopic (exact) mass is 228 g/mol. The first-order valence-electron chi connectivity index (χ1n) is 6.14. The van der Waals surface area contributed by atoms with Crippen LogP contribution in [0.5, 0.6) is 0 Å². The zero-order valence-electron chi connectivity index (χ0n) is 10.8. The minimum atomic E-state index is -0.434. The lowest BCUT2D eigenvalue weighted by atomic mass is 10.0. The lowest BCUT2D eigenvalue weighted by Gasteiger charge is -2.15. The number of hydrogen-bond donors (Lipinski definition) is 0. The summed E-state index contributed by atoms with van der Waals surface area (Å²) < 4.78 is 10.1. The Morgan fingerprint density at radius 1 is 1.25 bits per heavy atom. The molecule has 0 aromatic heterocycles. The van der Waals surface area contributed by atoms with Crippen molar-refractivity contribution in [1.29, 1.82) is 0 Å². The van der Waals surface area contributed by atoms with Gasteiger partial charge in [-0.1, -0.05) is 33.1 Å². The molecule has 0 aliphatic rings. The number of hydrogen-bond acceptors (Lipinski definition) is 3. The van der Waals surface area contributed by atoms with Gasteiger partial charge in [0.15, 0.2) is 5.76 Å². The van der Waals surface area contributed by atoms with E-state index in [0.29, 0.717) is 19.1 Å². The first-order valence-corrected chi connectivity index (χ1v) is 6.14. The van der Waals surface area contributed by atoms with Crippen molar-refractivity contribution in [3.05, 3.63) is 12.3 Å². The fourth-order valence-corrected chi connectivity index (χ4v) is 1.41. The molecule has 0 aromatic carbocycles. The normalized spacial score (nSPS) is 11.9. The van der Waals surface area contributed by atoms with Crippen molar-refractivity contribution >= 4 is 5.97 Å². The SMILES string of the molecule is C=C(OCC)C(=O)OCC(CC)CCCC. The summed E-state index contributed by atoms with van der Waals surface area (Å²) in [6, 6.07) is 0. The molecule has 3 nitrogen and oxygen atoms in total. The van der Waals surface area contributed by atoms with Crippen LogP contribution in [0.2, 0.25) is 0 Å². The zero-order valence-corrected chi connectivity index (χ0v) is 10.8. The molecule has 0 N–H and O–H groups in total. The molecule has 1 atom stereocenters. The Morgan fingerprint density at radius 2 is 1.94 bits per heavy atom. The number of unbranched alkanes of at least 4 members (excludes halogenated alkanes) is 1. The highest BCUT2D eigenvalue weighted by Crippen LogP contribution is 2.13. The van der Waals surface area contributed by atoms with Crippen LogP contribution in [0.4, 0.5) is 0 Å². The van der Waals surface area contributed by atoms with Gasteiger partial charge in [0.25, 0.3) is 0 Å². The molecule has 0 aromatic rings. The van der Waals surface area contributed by atoms with Crippen LogP contribution < -0.4 is 0 Å². The Morgan fingerprint density at radius 3 is 2.44 bits per heavy atom. The molecule has 3 heteroatoms. The van der Waals surface area contributed by atoms with E-state index in [9.17, 15) is 4.79 Å². The summed E-state index contributed by atoms with van der Waals surface area (Å²) in [5, 5.41) is 0. The molecule has 0 aliphatic carbocycles. The van der Waals surface area contributed by atoms with E-state index >= 15 is 0 Å². The summed E-state index contributed by atoms with van der Waals surface area (Å²) in [4.78, 5) is 11.4. The van der Waals surface area contributed by atoms with Gasteiger partial charge in [-0.15, -0.1) is 0 Å². The highest BCUT2D eigenvalue weighted by molar-refractivity contribution is 5.85. The summed E-state index contributed by atoms with van der Waals surface area (Å²) in [5.41, 5.74) is 0. The van der Waals surface area contributed by atoms with E-state index < -0.39 is 5.97 Å². The molecule has 16 heavy (non-hydrogen) atoms. The Hall–Kier alpha value is -0.990. The third-order valence-corrected chi connectivity index (χ3v) is 2.54. The van der Waals surface area contributed by atoms with E-state index in [1.54, 1.807) is 0 Å². The molecule has 0 radical (unpaired) electrons. The van der Waals surface area contributed by atoms with Gasteiger partial charge in [-0.25, -0.2) is 4.79 Å². The molecule has 0 aliphatic heterocycles. The maximum Gasteiger partial charge on any atom is 0.372 e. The summed E-state index contributed by atoms with van der Waals surface area (Å²) in [7, 11) is 0. The van der Waals surface area contributed by atoms with Crippen molar-refractivity contribution < 1.29 is 14.3 Å². The molecule has 0 spiro atoms. The quantitative estimate of drug-likeness (QED) is 0.345. The molecule has 0 rings (SSSR count). The van der Waals surface area contributed by atoms with Crippen LogP contribution >= 0.6 is 0 Å². The van der Waals surface area contributed by atoms with Gasteiger partial charge >= 0.3 is 5.97 Å². The van der Waals surface area contributed by atoms with Crippen molar-refractivity contribution in [2.45, 2.75) is 46.5 Å². The summed E-state index contributed by atoms with van der Waals surface area (Å²) >= 11 is 0. The Kier molecular flexibility index (Phi) is 8.68. The lowest BCUT2D eigenvalue weighted by Crippen LogP contribution is -2.16. The third kappa shape index (κ3) is 6.49. The van der Waals surface area contributed by atoms with Crippen molar-refractivity contribution in [3.8, 4) is 0 Å². The summed E-state index contributed by atoms with van der Waals surface area (Å²) in [6.07, 6.45) is 4.51. The molecule has 0 fully saturated rings. The molecule has 0 amide bonds.